The topological polar surface area (TPSA) is 26.3 Å². The molecule has 1 rings (SSSR count). The van der Waals surface area contributed by atoms with Gasteiger partial charge in [-0.05, 0) is 12.5 Å². The molecule has 0 aromatic heterocycles. The summed E-state index contributed by atoms with van der Waals surface area (Å²) in [5.74, 6) is -5.25. The Balaban J connectivity index is 2.92. The third-order valence-corrected chi connectivity index (χ3v) is 2.03. The zero-order valence-electron chi connectivity index (χ0n) is 8.87. The Kier molecular flexibility index (Phi) is 3.77. The second-order valence-electron chi connectivity index (χ2n) is 3.14. The normalized spacial score (nSPS) is 10.9. The molecule has 0 radical (unpaired) electrons. The molecule has 0 spiro atoms. The van der Waals surface area contributed by atoms with E-state index in [1.54, 1.807) is 18.2 Å². The summed E-state index contributed by atoms with van der Waals surface area (Å²) in [4.78, 5) is 11.0. The highest BCUT2D eigenvalue weighted by Gasteiger charge is 2.44. The quantitative estimate of drug-likeness (QED) is 0.738. The lowest BCUT2D eigenvalue weighted by atomic mass is 10.0. The van der Waals surface area contributed by atoms with Crippen LogP contribution in [0.1, 0.15) is 12.5 Å². The fourth-order valence-electron chi connectivity index (χ4n) is 1.17. The summed E-state index contributed by atoms with van der Waals surface area (Å²) in [5, 5.41) is 0. The summed E-state index contributed by atoms with van der Waals surface area (Å²) in [6.07, 6.45) is 0. The molecule has 0 bridgehead atoms. The van der Waals surface area contributed by atoms with Crippen molar-refractivity contribution >= 4 is 11.5 Å². The largest absolute Gasteiger partial charge is 0.461 e. The first kappa shape index (κ1) is 12.4. The van der Waals surface area contributed by atoms with Crippen molar-refractivity contribution < 1.29 is 18.3 Å². The zero-order valence-corrected chi connectivity index (χ0v) is 8.87. The average Bonchev–Trinajstić information content (AvgIpc) is 2.29. The third-order valence-electron chi connectivity index (χ3n) is 2.03. The number of ether oxygens (including phenoxy) is 1. The summed E-state index contributed by atoms with van der Waals surface area (Å²) < 4.78 is 31.3. The Hall–Kier alpha value is -1.71. The highest BCUT2D eigenvalue weighted by molar-refractivity contribution is 5.93. The highest BCUT2D eigenvalue weighted by Crippen LogP contribution is 2.32. The molecule has 0 atom stereocenters. The molecule has 1 aromatic carbocycles. The number of carbonyl (C=O) groups excluding carboxylic acids is 1. The van der Waals surface area contributed by atoms with Gasteiger partial charge in [-0.1, -0.05) is 36.9 Å². The Bertz CT molecular complexity index is 385. The van der Waals surface area contributed by atoms with E-state index in [1.165, 1.54) is 19.1 Å². The fourth-order valence-corrected chi connectivity index (χ4v) is 1.17. The van der Waals surface area contributed by atoms with Crippen LogP contribution in [-0.2, 0) is 9.53 Å². The molecule has 0 heterocycles. The van der Waals surface area contributed by atoms with Gasteiger partial charge in [-0.2, -0.15) is 8.78 Å². The van der Waals surface area contributed by atoms with Crippen LogP contribution in [0.15, 0.2) is 36.9 Å². The summed E-state index contributed by atoms with van der Waals surface area (Å²) >= 11 is 0. The Labute approximate surface area is 92.5 Å². The zero-order chi connectivity index (χ0) is 12.2. The molecule has 0 saturated heterocycles. The van der Waals surface area contributed by atoms with E-state index >= 15 is 0 Å². The molecule has 4 heteroatoms. The molecule has 0 saturated carbocycles. The number of rotatable bonds is 4. The molecule has 86 valence electrons. The number of benzene rings is 1. The van der Waals surface area contributed by atoms with Crippen LogP contribution in [0.5, 0.6) is 0 Å². The molecule has 0 fully saturated rings. The molecule has 2 nitrogen and oxygen atoms in total. The standard InChI is InChI=1S/C12H12F2O2/c1-3-16-11(15)12(13,14)9(2)10-7-5-4-6-8-10/h4-8H,2-3H2,1H3. The van der Waals surface area contributed by atoms with Crippen LogP contribution in [0.3, 0.4) is 0 Å². The van der Waals surface area contributed by atoms with E-state index in [1.807, 2.05) is 0 Å². The molecule has 0 amide bonds. The lowest BCUT2D eigenvalue weighted by molar-refractivity contribution is -0.163. The van der Waals surface area contributed by atoms with Gasteiger partial charge in [0.2, 0.25) is 0 Å². The second kappa shape index (κ2) is 4.88. The van der Waals surface area contributed by atoms with Crippen molar-refractivity contribution in [2.45, 2.75) is 12.8 Å². The van der Waals surface area contributed by atoms with Gasteiger partial charge >= 0.3 is 11.9 Å². The average molecular weight is 226 g/mol. The van der Waals surface area contributed by atoms with E-state index < -0.39 is 17.5 Å². The first-order valence-corrected chi connectivity index (χ1v) is 4.80. The van der Waals surface area contributed by atoms with E-state index in [2.05, 4.69) is 11.3 Å². The monoisotopic (exact) mass is 226 g/mol. The van der Waals surface area contributed by atoms with Gasteiger partial charge in [0.25, 0.3) is 0 Å². The summed E-state index contributed by atoms with van der Waals surface area (Å²) in [7, 11) is 0. The maximum atomic E-state index is 13.5. The SMILES string of the molecule is C=C(c1ccccc1)C(F)(F)C(=O)OCC. The van der Waals surface area contributed by atoms with Crippen LogP contribution in [0.2, 0.25) is 0 Å². The number of esters is 1. The number of alkyl halides is 2. The predicted molar refractivity (Wildman–Crippen MR) is 57.1 cm³/mol. The lowest BCUT2D eigenvalue weighted by Crippen LogP contribution is -2.31. The van der Waals surface area contributed by atoms with E-state index in [-0.39, 0.29) is 12.2 Å². The molecule has 0 aliphatic heterocycles. The first-order valence-electron chi connectivity index (χ1n) is 4.80. The van der Waals surface area contributed by atoms with Crippen LogP contribution in [0.25, 0.3) is 5.57 Å². The van der Waals surface area contributed by atoms with Crippen LogP contribution in [-0.4, -0.2) is 18.5 Å². The van der Waals surface area contributed by atoms with Gasteiger partial charge in [-0.15, -0.1) is 0 Å². The Morgan fingerprint density at radius 2 is 1.94 bits per heavy atom. The van der Waals surface area contributed by atoms with Crippen molar-refractivity contribution in [1.82, 2.24) is 0 Å². The third kappa shape index (κ3) is 2.45. The van der Waals surface area contributed by atoms with Crippen molar-refractivity contribution in [3.05, 3.63) is 42.5 Å². The van der Waals surface area contributed by atoms with Gasteiger partial charge in [0.05, 0.1) is 6.61 Å². The summed E-state index contributed by atoms with van der Waals surface area (Å²) in [6, 6.07) is 7.83. The molecule has 16 heavy (non-hydrogen) atoms. The smallest absolute Gasteiger partial charge is 0.381 e. The molecular formula is C12H12F2O2. The van der Waals surface area contributed by atoms with E-state index in [0.717, 1.165) is 0 Å². The maximum Gasteiger partial charge on any atom is 0.381 e. The minimum absolute atomic E-state index is 0.0868. The first-order chi connectivity index (χ1) is 7.50. The van der Waals surface area contributed by atoms with Gasteiger partial charge in [0.1, 0.15) is 0 Å². The Morgan fingerprint density at radius 1 is 1.38 bits per heavy atom. The van der Waals surface area contributed by atoms with Crippen LogP contribution in [0.4, 0.5) is 8.78 Å². The number of carbonyl (C=O) groups is 1. The fraction of sp³-hybridized carbons (Fsp3) is 0.250. The summed E-state index contributed by atoms with van der Waals surface area (Å²) in [5.41, 5.74) is -0.327. The Morgan fingerprint density at radius 3 is 2.44 bits per heavy atom. The van der Waals surface area contributed by atoms with Gasteiger partial charge in [-0.25, -0.2) is 4.79 Å². The minimum atomic E-state index is -3.68. The van der Waals surface area contributed by atoms with E-state index in [9.17, 15) is 13.6 Å². The highest BCUT2D eigenvalue weighted by atomic mass is 19.3. The molecule has 0 unspecified atom stereocenters. The van der Waals surface area contributed by atoms with E-state index in [0.29, 0.717) is 0 Å². The predicted octanol–water partition coefficient (Wildman–Crippen LogP) is 2.90. The van der Waals surface area contributed by atoms with Gasteiger partial charge in [0.15, 0.2) is 0 Å². The molecule has 1 aromatic rings. The van der Waals surface area contributed by atoms with Gasteiger partial charge < -0.3 is 4.74 Å². The molecular weight excluding hydrogens is 214 g/mol. The minimum Gasteiger partial charge on any atom is -0.461 e. The molecule has 0 aliphatic carbocycles. The van der Waals surface area contributed by atoms with Crippen molar-refractivity contribution in [3.63, 3.8) is 0 Å². The summed E-state index contributed by atoms with van der Waals surface area (Å²) in [6.45, 7) is 4.63. The number of hydrogen-bond donors (Lipinski definition) is 0. The van der Waals surface area contributed by atoms with Crippen molar-refractivity contribution in [2.24, 2.45) is 0 Å². The van der Waals surface area contributed by atoms with Crippen molar-refractivity contribution in [3.8, 4) is 0 Å². The van der Waals surface area contributed by atoms with Gasteiger partial charge in [-0.3, -0.25) is 0 Å². The number of hydrogen-bond acceptors (Lipinski definition) is 2. The van der Waals surface area contributed by atoms with Crippen LogP contribution in [0, 0.1) is 0 Å². The second-order valence-corrected chi connectivity index (χ2v) is 3.14. The van der Waals surface area contributed by atoms with Gasteiger partial charge in [0, 0.05) is 5.57 Å². The lowest BCUT2D eigenvalue weighted by Gasteiger charge is -2.17. The van der Waals surface area contributed by atoms with Crippen LogP contribution < -0.4 is 0 Å². The van der Waals surface area contributed by atoms with Crippen LogP contribution >= 0.6 is 0 Å². The van der Waals surface area contributed by atoms with Crippen molar-refractivity contribution in [1.29, 1.82) is 0 Å². The maximum absolute atomic E-state index is 13.5. The van der Waals surface area contributed by atoms with E-state index in [4.69, 9.17) is 0 Å². The molecule has 0 N–H and O–H groups in total. The molecule has 0 aliphatic rings. The van der Waals surface area contributed by atoms with Crippen molar-refractivity contribution in [2.75, 3.05) is 6.61 Å². The number of halogens is 2.